The van der Waals surface area contributed by atoms with Crippen LogP contribution in [0.15, 0.2) is 9.59 Å². The number of rotatable bonds is 1. The summed E-state index contributed by atoms with van der Waals surface area (Å²) in [6.07, 6.45) is 3.96. The van der Waals surface area contributed by atoms with E-state index in [0.717, 1.165) is 23.8 Å². The summed E-state index contributed by atoms with van der Waals surface area (Å²) in [6.45, 7) is 0. The molecule has 1 aliphatic carbocycles. The van der Waals surface area contributed by atoms with E-state index >= 15 is 0 Å². The van der Waals surface area contributed by atoms with Crippen LogP contribution in [-0.4, -0.2) is 14.8 Å². The van der Waals surface area contributed by atoms with Crippen molar-refractivity contribution in [3.05, 3.63) is 21.0 Å². The highest BCUT2D eigenvalue weighted by atomic mass is 16.2. The van der Waals surface area contributed by atoms with Crippen molar-refractivity contribution in [1.82, 2.24) is 14.8 Å². The number of nitrogens with zero attached hydrogens (tertiary/aromatic N) is 2. The fourth-order valence-corrected chi connectivity index (χ4v) is 2.22. The molecule has 6 heteroatoms. The average molecular weight is 208 g/mol. The molecule has 6 nitrogen and oxygen atoms in total. The Kier molecular flexibility index (Phi) is 2.23. The molecule has 0 bridgehead atoms. The van der Waals surface area contributed by atoms with Gasteiger partial charge in [0.05, 0.1) is 6.07 Å². The van der Waals surface area contributed by atoms with Gasteiger partial charge in [0.2, 0.25) is 0 Å². The summed E-state index contributed by atoms with van der Waals surface area (Å²) in [5.41, 5.74) is -1.99. The van der Waals surface area contributed by atoms with E-state index in [-0.39, 0.29) is 0 Å². The van der Waals surface area contributed by atoms with E-state index in [0.29, 0.717) is 12.8 Å². The number of H-pyrrole nitrogens is 2. The minimum absolute atomic E-state index is 0.525. The van der Waals surface area contributed by atoms with Crippen molar-refractivity contribution in [1.29, 1.82) is 5.26 Å². The highest BCUT2D eigenvalue weighted by molar-refractivity contribution is 5.06. The summed E-state index contributed by atoms with van der Waals surface area (Å²) in [5.74, 6) is 0. The molecule has 1 aromatic rings. The standard InChI is InChI=1S/C9H12N4O2/c10-6-9(4-2-1-3-5-9)13-7(14)11-12-8(13)15/h1-5H2,(H,11,14)(H,12,15). The predicted molar refractivity (Wildman–Crippen MR) is 52.3 cm³/mol. The molecule has 1 saturated carbocycles. The molecule has 0 atom stereocenters. The fraction of sp³-hybridized carbons (Fsp3) is 0.667. The first-order chi connectivity index (χ1) is 7.19. The molecule has 15 heavy (non-hydrogen) atoms. The van der Waals surface area contributed by atoms with Crippen molar-refractivity contribution in [2.75, 3.05) is 0 Å². The second kappa shape index (κ2) is 3.42. The van der Waals surface area contributed by atoms with E-state index < -0.39 is 16.9 Å². The van der Waals surface area contributed by atoms with Crippen LogP contribution in [-0.2, 0) is 5.54 Å². The number of nitrogens with one attached hydrogen (secondary N) is 2. The van der Waals surface area contributed by atoms with Gasteiger partial charge in [0.25, 0.3) is 0 Å². The second-order valence-electron chi connectivity index (χ2n) is 3.90. The van der Waals surface area contributed by atoms with Gasteiger partial charge in [0.15, 0.2) is 0 Å². The molecule has 80 valence electrons. The van der Waals surface area contributed by atoms with Gasteiger partial charge < -0.3 is 0 Å². The minimum atomic E-state index is -0.942. The Balaban J connectivity index is 2.56. The lowest BCUT2D eigenvalue weighted by atomic mass is 9.83. The molecule has 2 N–H and O–H groups in total. The van der Waals surface area contributed by atoms with E-state index in [2.05, 4.69) is 16.3 Å². The first kappa shape index (κ1) is 9.77. The van der Waals surface area contributed by atoms with Gasteiger partial charge in [-0.3, -0.25) is 0 Å². The molecule has 1 aliphatic rings. The Morgan fingerprint density at radius 3 is 2.13 bits per heavy atom. The van der Waals surface area contributed by atoms with Crippen molar-refractivity contribution in [2.24, 2.45) is 0 Å². The van der Waals surface area contributed by atoms with Crippen molar-refractivity contribution in [3.8, 4) is 6.07 Å². The lowest BCUT2D eigenvalue weighted by Gasteiger charge is -2.29. The van der Waals surface area contributed by atoms with Crippen molar-refractivity contribution in [3.63, 3.8) is 0 Å². The molecule has 0 amide bonds. The maximum atomic E-state index is 11.4. The van der Waals surface area contributed by atoms with Crippen molar-refractivity contribution >= 4 is 0 Å². The smallest absolute Gasteiger partial charge is 0.247 e. The molecule has 0 saturated heterocycles. The van der Waals surface area contributed by atoms with E-state index in [1.165, 1.54) is 0 Å². The Morgan fingerprint density at radius 1 is 1.13 bits per heavy atom. The van der Waals surface area contributed by atoms with Crippen LogP contribution >= 0.6 is 0 Å². The number of nitriles is 1. The Morgan fingerprint density at radius 2 is 1.67 bits per heavy atom. The topological polar surface area (TPSA) is 94.4 Å². The van der Waals surface area contributed by atoms with E-state index in [9.17, 15) is 14.9 Å². The third-order valence-corrected chi connectivity index (χ3v) is 3.00. The largest absolute Gasteiger partial charge is 0.345 e. The lowest BCUT2D eigenvalue weighted by Crippen LogP contribution is -2.46. The quantitative estimate of drug-likeness (QED) is 0.682. The van der Waals surface area contributed by atoms with Crippen LogP contribution in [0.25, 0.3) is 0 Å². The van der Waals surface area contributed by atoms with Gasteiger partial charge in [-0.05, 0) is 12.8 Å². The van der Waals surface area contributed by atoms with Gasteiger partial charge in [0, 0.05) is 0 Å². The number of aromatic nitrogens is 3. The van der Waals surface area contributed by atoms with Crippen LogP contribution < -0.4 is 11.4 Å². The molecule has 0 unspecified atom stereocenters. The summed E-state index contributed by atoms with van der Waals surface area (Å²) >= 11 is 0. The van der Waals surface area contributed by atoms with Crippen molar-refractivity contribution < 1.29 is 0 Å². The van der Waals surface area contributed by atoms with E-state index in [1.54, 1.807) is 0 Å². The molecule has 0 spiro atoms. The summed E-state index contributed by atoms with van der Waals surface area (Å²) in [7, 11) is 0. The SMILES string of the molecule is N#CC1(n2c(=O)[nH][nH]c2=O)CCCCC1. The highest BCUT2D eigenvalue weighted by Crippen LogP contribution is 2.32. The van der Waals surface area contributed by atoms with E-state index in [1.807, 2.05) is 0 Å². The molecule has 2 rings (SSSR count). The number of hydrogen-bond acceptors (Lipinski definition) is 3. The van der Waals surface area contributed by atoms with E-state index in [4.69, 9.17) is 0 Å². The minimum Gasteiger partial charge on any atom is -0.247 e. The summed E-state index contributed by atoms with van der Waals surface area (Å²) in [4.78, 5) is 22.9. The molecule has 1 fully saturated rings. The second-order valence-corrected chi connectivity index (χ2v) is 3.90. The number of hydrogen-bond donors (Lipinski definition) is 2. The third-order valence-electron chi connectivity index (χ3n) is 3.00. The van der Waals surface area contributed by atoms with Gasteiger partial charge in [-0.2, -0.15) is 5.26 Å². The van der Waals surface area contributed by atoms with Gasteiger partial charge in [-0.25, -0.2) is 24.4 Å². The van der Waals surface area contributed by atoms with Gasteiger partial charge in [0.1, 0.15) is 5.54 Å². The Bertz CT molecular complexity index is 468. The zero-order valence-corrected chi connectivity index (χ0v) is 8.25. The van der Waals surface area contributed by atoms with Crippen LogP contribution in [0.5, 0.6) is 0 Å². The van der Waals surface area contributed by atoms with Crippen LogP contribution in [0.2, 0.25) is 0 Å². The predicted octanol–water partition coefficient (Wildman–Crippen LogP) is 0.0477. The van der Waals surface area contributed by atoms with Gasteiger partial charge in [-0.1, -0.05) is 19.3 Å². The van der Waals surface area contributed by atoms with Crippen LogP contribution in [0.1, 0.15) is 32.1 Å². The molecule has 1 heterocycles. The summed E-state index contributed by atoms with van der Waals surface area (Å²) in [5, 5.41) is 13.6. The molecule has 0 aromatic carbocycles. The summed E-state index contributed by atoms with van der Waals surface area (Å²) < 4.78 is 1.02. The third kappa shape index (κ3) is 1.40. The highest BCUT2D eigenvalue weighted by Gasteiger charge is 2.37. The number of aromatic amines is 2. The first-order valence-corrected chi connectivity index (χ1v) is 5.01. The lowest BCUT2D eigenvalue weighted by molar-refractivity contribution is 0.254. The average Bonchev–Trinajstić information content (AvgIpc) is 2.60. The molecular formula is C9H12N4O2. The molecule has 1 aromatic heterocycles. The fourth-order valence-electron chi connectivity index (χ4n) is 2.22. The van der Waals surface area contributed by atoms with Crippen LogP contribution in [0, 0.1) is 11.3 Å². The normalized spacial score (nSPS) is 19.7. The summed E-state index contributed by atoms with van der Waals surface area (Å²) in [6, 6.07) is 2.12. The van der Waals surface area contributed by atoms with Gasteiger partial charge in [-0.15, -0.1) is 0 Å². The van der Waals surface area contributed by atoms with Crippen LogP contribution in [0.3, 0.4) is 0 Å². The van der Waals surface area contributed by atoms with Crippen LogP contribution in [0.4, 0.5) is 0 Å². The van der Waals surface area contributed by atoms with Gasteiger partial charge >= 0.3 is 11.4 Å². The molecule has 0 radical (unpaired) electrons. The maximum absolute atomic E-state index is 11.4. The first-order valence-electron chi connectivity index (χ1n) is 5.01. The Hall–Kier alpha value is -1.77. The Labute approximate surface area is 85.5 Å². The molecule has 0 aliphatic heterocycles. The van der Waals surface area contributed by atoms with Crippen molar-refractivity contribution in [2.45, 2.75) is 37.6 Å². The maximum Gasteiger partial charge on any atom is 0.345 e. The zero-order valence-electron chi connectivity index (χ0n) is 8.25. The monoisotopic (exact) mass is 208 g/mol. The zero-order chi connectivity index (χ0) is 10.9. The molecular weight excluding hydrogens is 196 g/mol.